The van der Waals surface area contributed by atoms with E-state index < -0.39 is 5.97 Å². The molecule has 0 aliphatic rings. The molecule has 0 bridgehead atoms. The number of aryl methyl sites for hydroxylation is 1. The Balaban J connectivity index is 1.66. The molecule has 2 N–H and O–H groups in total. The fraction of sp³-hybridized carbons (Fsp3) is 0.318. The average molecular weight is 410 g/mol. The van der Waals surface area contributed by atoms with E-state index in [0.717, 1.165) is 23.2 Å². The van der Waals surface area contributed by atoms with Gasteiger partial charge in [0.1, 0.15) is 5.76 Å². The van der Waals surface area contributed by atoms with Crippen molar-refractivity contribution in [1.82, 2.24) is 9.78 Å². The van der Waals surface area contributed by atoms with Gasteiger partial charge in [0, 0.05) is 11.9 Å². The van der Waals surface area contributed by atoms with E-state index in [1.54, 1.807) is 29.2 Å². The zero-order chi connectivity index (χ0) is 21.7. The molecule has 1 aromatic carbocycles. The molecule has 3 rings (SSSR count). The Morgan fingerprint density at radius 3 is 2.70 bits per heavy atom. The van der Waals surface area contributed by atoms with Gasteiger partial charge in [0.25, 0.3) is 0 Å². The summed E-state index contributed by atoms with van der Waals surface area (Å²) in [4.78, 5) is 24.0. The lowest BCUT2D eigenvalue weighted by atomic mass is 9.96. The van der Waals surface area contributed by atoms with Gasteiger partial charge in [0.2, 0.25) is 5.76 Å². The monoisotopic (exact) mass is 410 g/mol. The molecule has 0 aliphatic heterocycles. The number of carbonyl (C=O) groups is 2. The average Bonchev–Trinajstić information content (AvgIpc) is 3.37. The van der Waals surface area contributed by atoms with Gasteiger partial charge in [-0.2, -0.15) is 5.10 Å². The number of anilines is 2. The first-order chi connectivity index (χ1) is 14.4. The van der Waals surface area contributed by atoms with E-state index in [9.17, 15) is 9.59 Å². The van der Waals surface area contributed by atoms with Crippen molar-refractivity contribution in [1.29, 1.82) is 0 Å². The Morgan fingerprint density at radius 2 is 2.00 bits per heavy atom. The number of nitrogens with zero attached hydrogens (tertiary/aromatic N) is 2. The summed E-state index contributed by atoms with van der Waals surface area (Å²) in [5, 5.41) is 10.0. The molecule has 0 aliphatic carbocycles. The van der Waals surface area contributed by atoms with Crippen molar-refractivity contribution < 1.29 is 18.7 Å². The van der Waals surface area contributed by atoms with Crippen molar-refractivity contribution in [2.24, 2.45) is 0 Å². The normalized spacial score (nSPS) is 10.8. The number of furan rings is 1. The number of para-hydroxylation sites is 1. The van der Waals surface area contributed by atoms with Crippen LogP contribution in [-0.2, 0) is 17.7 Å². The molecular formula is C22H26N4O4. The predicted molar refractivity (Wildman–Crippen MR) is 114 cm³/mol. The van der Waals surface area contributed by atoms with Crippen molar-refractivity contribution in [2.45, 2.75) is 39.7 Å². The molecule has 0 spiro atoms. The van der Waals surface area contributed by atoms with Crippen LogP contribution in [0.4, 0.5) is 16.2 Å². The van der Waals surface area contributed by atoms with Gasteiger partial charge in [-0.3, -0.25) is 4.68 Å². The number of hydrogen-bond acceptors (Lipinski definition) is 5. The molecule has 2 aromatic heterocycles. The summed E-state index contributed by atoms with van der Waals surface area (Å²) in [6.07, 6.45) is 4.07. The molecule has 30 heavy (non-hydrogen) atoms. The van der Waals surface area contributed by atoms with Crippen LogP contribution in [0, 0.1) is 0 Å². The largest absolute Gasteiger partial charge is 0.463 e. The van der Waals surface area contributed by atoms with Crippen LogP contribution in [0.3, 0.4) is 0 Å². The number of rotatable bonds is 7. The Morgan fingerprint density at radius 1 is 1.20 bits per heavy atom. The van der Waals surface area contributed by atoms with Gasteiger partial charge in [-0.25, -0.2) is 9.59 Å². The Kier molecular flexibility index (Phi) is 6.56. The number of methoxy groups -OCH3 is 1. The highest BCUT2D eigenvalue weighted by molar-refractivity contribution is 6.00. The summed E-state index contributed by atoms with van der Waals surface area (Å²) in [7, 11) is 1.30. The van der Waals surface area contributed by atoms with Crippen LogP contribution in [0.2, 0.25) is 0 Å². The van der Waals surface area contributed by atoms with E-state index in [1.165, 1.54) is 7.11 Å². The number of urea groups is 1. The zero-order valence-electron chi connectivity index (χ0n) is 17.6. The van der Waals surface area contributed by atoms with E-state index in [2.05, 4.69) is 41.2 Å². The number of aromatic nitrogens is 2. The van der Waals surface area contributed by atoms with Gasteiger partial charge < -0.3 is 19.8 Å². The fourth-order valence-corrected chi connectivity index (χ4v) is 3.17. The molecule has 2 amide bonds. The summed E-state index contributed by atoms with van der Waals surface area (Å²) >= 11 is 0. The van der Waals surface area contributed by atoms with Crippen LogP contribution in [0.15, 0.2) is 47.1 Å². The van der Waals surface area contributed by atoms with E-state index in [1.807, 2.05) is 18.2 Å². The topological polar surface area (TPSA) is 98.4 Å². The second-order valence-corrected chi connectivity index (χ2v) is 7.15. The first-order valence-corrected chi connectivity index (χ1v) is 9.80. The maximum atomic E-state index is 12.6. The van der Waals surface area contributed by atoms with E-state index >= 15 is 0 Å². The lowest BCUT2D eigenvalue weighted by Crippen LogP contribution is -2.21. The van der Waals surface area contributed by atoms with Crippen molar-refractivity contribution >= 4 is 23.4 Å². The first kappa shape index (κ1) is 21.2. The molecule has 8 nitrogen and oxygen atoms in total. The first-order valence-electron chi connectivity index (χ1n) is 9.80. The maximum absolute atomic E-state index is 12.6. The molecule has 0 fully saturated rings. The number of carbonyl (C=O) groups excluding carboxylic acids is 2. The van der Waals surface area contributed by atoms with Crippen molar-refractivity contribution in [3.05, 3.63) is 65.4 Å². The summed E-state index contributed by atoms with van der Waals surface area (Å²) in [6.45, 7) is 6.58. The van der Waals surface area contributed by atoms with Crippen LogP contribution in [-0.4, -0.2) is 28.9 Å². The SMILES string of the molecule is CCc1cccc(C(C)C)c1NC(=O)Nc1cnn(Cc2ccc(C(=O)OC)o2)c1. The predicted octanol–water partition coefficient (Wildman–Crippen LogP) is 4.64. The van der Waals surface area contributed by atoms with Crippen LogP contribution in [0.5, 0.6) is 0 Å². The molecule has 0 saturated heterocycles. The third-order valence-corrected chi connectivity index (χ3v) is 4.68. The molecule has 3 aromatic rings. The molecule has 0 saturated carbocycles. The summed E-state index contributed by atoms with van der Waals surface area (Å²) in [6, 6.07) is 8.97. The van der Waals surface area contributed by atoms with Gasteiger partial charge in [-0.05, 0) is 35.6 Å². The van der Waals surface area contributed by atoms with Gasteiger partial charge in [-0.15, -0.1) is 0 Å². The lowest BCUT2D eigenvalue weighted by molar-refractivity contribution is 0.0562. The minimum absolute atomic E-state index is 0.132. The Hall–Kier alpha value is -3.55. The van der Waals surface area contributed by atoms with Crippen LogP contribution < -0.4 is 10.6 Å². The molecule has 0 unspecified atom stereocenters. The van der Waals surface area contributed by atoms with Gasteiger partial charge in [-0.1, -0.05) is 39.0 Å². The molecule has 0 atom stereocenters. The number of benzene rings is 1. The highest BCUT2D eigenvalue weighted by atomic mass is 16.5. The highest BCUT2D eigenvalue weighted by Crippen LogP contribution is 2.28. The van der Waals surface area contributed by atoms with Crippen molar-refractivity contribution in [2.75, 3.05) is 17.7 Å². The third kappa shape index (κ3) is 4.89. The number of hydrogen-bond donors (Lipinski definition) is 2. The summed E-state index contributed by atoms with van der Waals surface area (Å²) < 4.78 is 11.7. The molecular weight excluding hydrogens is 384 g/mol. The Labute approximate surface area is 175 Å². The Bertz CT molecular complexity index is 1040. The van der Waals surface area contributed by atoms with Gasteiger partial charge in [0.05, 0.1) is 25.5 Å². The van der Waals surface area contributed by atoms with Crippen molar-refractivity contribution in [3.8, 4) is 0 Å². The van der Waals surface area contributed by atoms with E-state index in [-0.39, 0.29) is 17.7 Å². The minimum Gasteiger partial charge on any atom is -0.463 e. The fourth-order valence-electron chi connectivity index (χ4n) is 3.17. The van der Waals surface area contributed by atoms with Gasteiger partial charge >= 0.3 is 12.0 Å². The second kappa shape index (κ2) is 9.30. The quantitative estimate of drug-likeness (QED) is 0.553. The smallest absolute Gasteiger partial charge is 0.373 e. The minimum atomic E-state index is -0.533. The molecule has 2 heterocycles. The maximum Gasteiger partial charge on any atom is 0.373 e. The number of nitrogens with one attached hydrogen (secondary N) is 2. The molecule has 0 radical (unpaired) electrons. The number of amides is 2. The molecule has 158 valence electrons. The zero-order valence-corrected chi connectivity index (χ0v) is 17.6. The standard InChI is InChI=1S/C22H26N4O4/c1-5-15-7-6-8-18(14(2)3)20(15)25-22(28)24-16-11-23-26(12-16)13-17-9-10-19(30-17)21(27)29-4/h6-12,14H,5,13H2,1-4H3,(H2,24,25,28). The number of ether oxygens (including phenoxy) is 1. The second-order valence-electron chi connectivity index (χ2n) is 7.15. The lowest BCUT2D eigenvalue weighted by Gasteiger charge is -2.17. The van der Waals surface area contributed by atoms with Crippen LogP contribution in [0.25, 0.3) is 0 Å². The third-order valence-electron chi connectivity index (χ3n) is 4.68. The molecule has 8 heteroatoms. The highest BCUT2D eigenvalue weighted by Gasteiger charge is 2.15. The van der Waals surface area contributed by atoms with Crippen LogP contribution in [0.1, 0.15) is 54.1 Å². The summed E-state index contributed by atoms with van der Waals surface area (Å²) in [5.74, 6) is 0.437. The van der Waals surface area contributed by atoms with E-state index in [4.69, 9.17) is 4.42 Å². The number of esters is 1. The van der Waals surface area contributed by atoms with E-state index in [0.29, 0.717) is 18.0 Å². The summed E-state index contributed by atoms with van der Waals surface area (Å²) in [5.41, 5.74) is 3.59. The van der Waals surface area contributed by atoms with Gasteiger partial charge in [0.15, 0.2) is 0 Å². The van der Waals surface area contributed by atoms with Crippen molar-refractivity contribution in [3.63, 3.8) is 0 Å². The van der Waals surface area contributed by atoms with Crippen LogP contribution >= 0.6 is 0 Å².